The number of carbonyl (C=O) groups excluding carboxylic acids is 1. The molecular weight excluding hydrogens is 406 g/mol. The second-order valence-electron chi connectivity index (χ2n) is 6.76. The highest BCUT2D eigenvalue weighted by Crippen LogP contribution is 2.28. The van der Waals surface area contributed by atoms with Crippen molar-refractivity contribution in [3.05, 3.63) is 53.1 Å². The Balaban J connectivity index is 2.64. The average Bonchev–Trinajstić information content (AvgIpc) is 2.58. The fourth-order valence-electron chi connectivity index (χ4n) is 2.77. The van der Waals surface area contributed by atoms with Crippen molar-refractivity contribution in [3.63, 3.8) is 0 Å². The van der Waals surface area contributed by atoms with Crippen LogP contribution in [0.5, 0.6) is 0 Å². The number of nitrogens with zero attached hydrogens (tertiary/aromatic N) is 1. The van der Waals surface area contributed by atoms with E-state index in [0.717, 1.165) is 12.1 Å². The Labute approximate surface area is 164 Å². The van der Waals surface area contributed by atoms with Gasteiger partial charge in [0, 0.05) is 25.2 Å². The molecular formula is C18H21NO7S2. The summed E-state index contributed by atoms with van der Waals surface area (Å²) in [5, 5.41) is 0. The van der Waals surface area contributed by atoms with Crippen LogP contribution in [-0.2, 0) is 20.2 Å². The standard InChI is InChI=1S/C18H21NO7S2/c1-11(2)14-7-5-12(9-16(14)27(21,22)23)18(20)13-6-8-15(19(3)4)17(10-13)28(24,25)26/h5-11H,1-4H3,(H,21,22,23)(H,24,25,26). The van der Waals surface area contributed by atoms with E-state index in [4.69, 9.17) is 0 Å². The molecule has 0 saturated heterocycles. The summed E-state index contributed by atoms with van der Waals surface area (Å²) in [5.41, 5.74) is 0.432. The Hall–Kier alpha value is -2.27. The summed E-state index contributed by atoms with van der Waals surface area (Å²) in [4.78, 5) is 13.4. The Morgan fingerprint density at radius 1 is 0.857 bits per heavy atom. The molecule has 2 N–H and O–H groups in total. The van der Waals surface area contributed by atoms with Gasteiger partial charge in [-0.3, -0.25) is 13.9 Å². The lowest BCUT2D eigenvalue weighted by atomic mass is 9.97. The first-order chi connectivity index (χ1) is 12.7. The lowest BCUT2D eigenvalue weighted by molar-refractivity contribution is 0.103. The summed E-state index contributed by atoms with van der Waals surface area (Å²) in [7, 11) is -6.00. The van der Waals surface area contributed by atoms with E-state index in [1.54, 1.807) is 27.9 Å². The van der Waals surface area contributed by atoms with Gasteiger partial charge in [0.2, 0.25) is 0 Å². The summed E-state index contributed by atoms with van der Waals surface area (Å²) in [5.74, 6) is -0.873. The predicted octanol–water partition coefficient (Wildman–Crippen LogP) is 2.60. The zero-order valence-electron chi connectivity index (χ0n) is 15.7. The second-order valence-corrected chi connectivity index (χ2v) is 9.54. The minimum atomic E-state index is -4.60. The number of ketones is 1. The summed E-state index contributed by atoms with van der Waals surface area (Å²) >= 11 is 0. The van der Waals surface area contributed by atoms with Crippen LogP contribution in [-0.4, -0.2) is 45.8 Å². The molecule has 0 bridgehead atoms. The molecule has 0 aliphatic rings. The first kappa shape index (κ1) is 22.0. The Morgan fingerprint density at radius 2 is 1.32 bits per heavy atom. The third kappa shape index (κ3) is 4.58. The Bertz CT molecular complexity index is 1050. The predicted molar refractivity (Wildman–Crippen MR) is 104 cm³/mol. The van der Waals surface area contributed by atoms with Crippen molar-refractivity contribution in [1.29, 1.82) is 0 Å². The number of carbonyl (C=O) groups is 1. The molecule has 0 heterocycles. The van der Waals surface area contributed by atoms with Crippen molar-refractivity contribution in [3.8, 4) is 0 Å². The van der Waals surface area contributed by atoms with Gasteiger partial charge < -0.3 is 4.90 Å². The summed E-state index contributed by atoms with van der Waals surface area (Å²) < 4.78 is 65.7. The zero-order valence-corrected chi connectivity index (χ0v) is 17.4. The van der Waals surface area contributed by atoms with Crippen LogP contribution in [0.15, 0.2) is 46.2 Å². The van der Waals surface area contributed by atoms with Crippen LogP contribution in [0.3, 0.4) is 0 Å². The molecule has 0 unspecified atom stereocenters. The molecule has 10 heteroatoms. The largest absolute Gasteiger partial charge is 0.377 e. The molecule has 0 saturated carbocycles. The number of rotatable bonds is 6. The molecule has 0 radical (unpaired) electrons. The lowest BCUT2D eigenvalue weighted by Gasteiger charge is -2.17. The lowest BCUT2D eigenvalue weighted by Crippen LogP contribution is -2.15. The highest BCUT2D eigenvalue weighted by Gasteiger charge is 2.23. The van der Waals surface area contributed by atoms with Gasteiger partial charge in [-0.1, -0.05) is 26.0 Å². The molecule has 0 aliphatic heterocycles. The molecule has 0 aromatic heterocycles. The molecule has 0 aliphatic carbocycles. The van der Waals surface area contributed by atoms with Crippen LogP contribution >= 0.6 is 0 Å². The summed E-state index contributed by atoms with van der Waals surface area (Å²) in [6, 6.07) is 7.65. The first-order valence-electron chi connectivity index (χ1n) is 8.18. The summed E-state index contributed by atoms with van der Waals surface area (Å²) in [6.07, 6.45) is 0. The van der Waals surface area contributed by atoms with Gasteiger partial charge in [-0.05, 0) is 35.7 Å². The van der Waals surface area contributed by atoms with Gasteiger partial charge >= 0.3 is 0 Å². The molecule has 0 amide bonds. The van der Waals surface area contributed by atoms with E-state index < -0.39 is 30.9 Å². The Kier molecular flexibility index (Phi) is 6.00. The minimum Gasteiger partial charge on any atom is -0.377 e. The topological polar surface area (TPSA) is 129 Å². The quantitative estimate of drug-likeness (QED) is 0.532. The van der Waals surface area contributed by atoms with Crippen LogP contribution in [0, 0.1) is 0 Å². The number of anilines is 1. The third-order valence-corrected chi connectivity index (χ3v) is 5.95. The van der Waals surface area contributed by atoms with E-state index in [-0.39, 0.29) is 27.6 Å². The maximum Gasteiger partial charge on any atom is 0.296 e. The molecule has 0 fully saturated rings. The van der Waals surface area contributed by atoms with E-state index in [2.05, 4.69) is 0 Å². The number of hydrogen-bond acceptors (Lipinski definition) is 6. The Morgan fingerprint density at radius 3 is 1.75 bits per heavy atom. The van der Waals surface area contributed by atoms with Gasteiger partial charge in [-0.25, -0.2) is 0 Å². The number of benzene rings is 2. The first-order valence-corrected chi connectivity index (χ1v) is 11.1. The van der Waals surface area contributed by atoms with Crippen LogP contribution in [0.1, 0.15) is 41.3 Å². The van der Waals surface area contributed by atoms with E-state index in [1.807, 2.05) is 0 Å². The van der Waals surface area contributed by atoms with Gasteiger partial charge in [0.05, 0.1) is 10.6 Å². The van der Waals surface area contributed by atoms with Gasteiger partial charge in [-0.2, -0.15) is 16.8 Å². The van der Waals surface area contributed by atoms with Crippen LogP contribution in [0.4, 0.5) is 5.69 Å². The molecule has 2 rings (SSSR count). The van der Waals surface area contributed by atoms with Crippen molar-refractivity contribution in [1.82, 2.24) is 0 Å². The van der Waals surface area contributed by atoms with Crippen molar-refractivity contribution >= 4 is 31.7 Å². The van der Waals surface area contributed by atoms with E-state index >= 15 is 0 Å². The normalized spacial score (nSPS) is 12.2. The van der Waals surface area contributed by atoms with Gasteiger partial charge in [-0.15, -0.1) is 0 Å². The van der Waals surface area contributed by atoms with Crippen LogP contribution in [0.25, 0.3) is 0 Å². The second kappa shape index (κ2) is 7.63. The van der Waals surface area contributed by atoms with Crippen molar-refractivity contribution < 1.29 is 30.7 Å². The SMILES string of the molecule is CC(C)c1ccc(C(=O)c2ccc(N(C)C)c(S(=O)(=O)O)c2)cc1S(=O)(=O)O. The molecule has 0 spiro atoms. The monoisotopic (exact) mass is 427 g/mol. The smallest absolute Gasteiger partial charge is 0.296 e. The van der Waals surface area contributed by atoms with Crippen molar-refractivity contribution in [2.24, 2.45) is 0 Å². The van der Waals surface area contributed by atoms with Gasteiger partial charge in [0.1, 0.15) is 4.90 Å². The molecule has 2 aromatic carbocycles. The van der Waals surface area contributed by atoms with Gasteiger partial charge in [0.25, 0.3) is 20.2 Å². The van der Waals surface area contributed by atoms with Crippen LogP contribution < -0.4 is 4.90 Å². The van der Waals surface area contributed by atoms with Crippen molar-refractivity contribution in [2.45, 2.75) is 29.6 Å². The highest BCUT2D eigenvalue weighted by molar-refractivity contribution is 7.86. The van der Waals surface area contributed by atoms with Crippen LogP contribution in [0.2, 0.25) is 0 Å². The van der Waals surface area contributed by atoms with E-state index in [0.29, 0.717) is 5.56 Å². The molecule has 8 nitrogen and oxygen atoms in total. The number of hydrogen-bond donors (Lipinski definition) is 2. The molecule has 2 aromatic rings. The van der Waals surface area contributed by atoms with E-state index in [1.165, 1.54) is 29.2 Å². The average molecular weight is 428 g/mol. The summed E-state index contributed by atoms with van der Waals surface area (Å²) in [6.45, 7) is 3.48. The maximum absolute atomic E-state index is 12.8. The fraction of sp³-hybridized carbons (Fsp3) is 0.278. The van der Waals surface area contributed by atoms with E-state index in [9.17, 15) is 30.7 Å². The van der Waals surface area contributed by atoms with Gasteiger partial charge in [0.15, 0.2) is 5.78 Å². The third-order valence-electron chi connectivity index (χ3n) is 4.16. The fourth-order valence-corrected chi connectivity index (χ4v) is 4.44. The molecule has 0 atom stereocenters. The zero-order chi connectivity index (χ0) is 21.4. The molecule has 152 valence electrons. The minimum absolute atomic E-state index is 0.0454. The molecule has 28 heavy (non-hydrogen) atoms. The highest BCUT2D eigenvalue weighted by atomic mass is 32.2. The van der Waals surface area contributed by atoms with Crippen molar-refractivity contribution in [2.75, 3.05) is 19.0 Å². The maximum atomic E-state index is 12.8.